The molecule has 3 rings (SSSR count). The van der Waals surface area contributed by atoms with Crippen LogP contribution in [-0.2, 0) is 0 Å². The van der Waals surface area contributed by atoms with Crippen LogP contribution in [0.1, 0.15) is 49.3 Å². The monoisotopic (exact) mass is 344 g/mol. The van der Waals surface area contributed by atoms with E-state index in [0.29, 0.717) is 6.04 Å². The summed E-state index contributed by atoms with van der Waals surface area (Å²) in [5, 5.41) is 0. The number of benzene rings is 1. The molecule has 21 heavy (non-hydrogen) atoms. The summed E-state index contributed by atoms with van der Waals surface area (Å²) in [7, 11) is 0. The number of nitrogens with zero attached hydrogens (tertiary/aromatic N) is 2. The smallest absolute Gasteiger partial charge is 0.0659 e. The third-order valence-corrected chi connectivity index (χ3v) is 4.74. The maximum atomic E-state index is 4.62. The van der Waals surface area contributed by atoms with Crippen molar-refractivity contribution in [2.75, 3.05) is 0 Å². The maximum Gasteiger partial charge on any atom is 0.0659 e. The van der Waals surface area contributed by atoms with Crippen LogP contribution < -0.4 is 0 Å². The Hall–Kier alpha value is -1.35. The lowest BCUT2D eigenvalue weighted by Crippen LogP contribution is -2.10. The number of aryl methyl sites for hydroxylation is 1. The van der Waals surface area contributed by atoms with Crippen LogP contribution in [0.25, 0.3) is 0 Å². The van der Waals surface area contributed by atoms with Crippen LogP contribution >= 0.6 is 15.9 Å². The molecule has 0 radical (unpaired) electrons. The van der Waals surface area contributed by atoms with Gasteiger partial charge in [-0.2, -0.15) is 0 Å². The molecular weight excluding hydrogens is 324 g/mol. The standard InChI is InChI=1S/C18H21BrN2/c1-14-11-16(19)7-8-18(14)20-12-15-9-10-21(13-15)17-5-3-2-4-6-17/h7-13,17H,2-6H2,1H3. The van der Waals surface area contributed by atoms with Gasteiger partial charge in [0.1, 0.15) is 0 Å². The number of hydrogen-bond donors (Lipinski definition) is 0. The van der Waals surface area contributed by atoms with E-state index in [4.69, 9.17) is 0 Å². The predicted octanol–water partition coefficient (Wildman–Crippen LogP) is 5.81. The SMILES string of the molecule is Cc1cc(Br)ccc1N=Cc1ccn(C2CCCCC2)c1. The van der Waals surface area contributed by atoms with Crippen LogP contribution in [0.15, 0.2) is 46.1 Å². The molecule has 1 fully saturated rings. The number of aromatic nitrogens is 1. The third-order valence-electron chi connectivity index (χ3n) is 4.25. The van der Waals surface area contributed by atoms with Crippen molar-refractivity contribution in [2.45, 2.75) is 45.1 Å². The van der Waals surface area contributed by atoms with Gasteiger partial charge in [-0.15, -0.1) is 0 Å². The Balaban J connectivity index is 1.72. The molecule has 3 heteroatoms. The highest BCUT2D eigenvalue weighted by atomic mass is 79.9. The van der Waals surface area contributed by atoms with E-state index >= 15 is 0 Å². The van der Waals surface area contributed by atoms with E-state index < -0.39 is 0 Å². The summed E-state index contributed by atoms with van der Waals surface area (Å²) in [6.07, 6.45) is 13.2. The lowest BCUT2D eigenvalue weighted by atomic mass is 9.95. The Morgan fingerprint density at radius 3 is 2.76 bits per heavy atom. The van der Waals surface area contributed by atoms with Gasteiger partial charge in [0.05, 0.1) is 5.69 Å². The molecule has 0 N–H and O–H groups in total. The number of hydrogen-bond acceptors (Lipinski definition) is 1. The summed E-state index contributed by atoms with van der Waals surface area (Å²) in [4.78, 5) is 4.62. The molecule has 0 unspecified atom stereocenters. The van der Waals surface area contributed by atoms with Gasteiger partial charge in [0.2, 0.25) is 0 Å². The maximum absolute atomic E-state index is 4.62. The molecule has 1 aromatic heterocycles. The zero-order valence-electron chi connectivity index (χ0n) is 12.4. The first kappa shape index (κ1) is 14.6. The Morgan fingerprint density at radius 1 is 1.19 bits per heavy atom. The van der Waals surface area contributed by atoms with Gasteiger partial charge in [0.25, 0.3) is 0 Å². The van der Waals surface area contributed by atoms with Crippen molar-refractivity contribution in [1.29, 1.82) is 0 Å². The first-order valence-electron chi connectivity index (χ1n) is 7.70. The molecule has 1 saturated carbocycles. The van der Waals surface area contributed by atoms with Crippen LogP contribution in [0.5, 0.6) is 0 Å². The summed E-state index contributed by atoms with van der Waals surface area (Å²) < 4.78 is 3.47. The molecule has 110 valence electrons. The second kappa shape index (κ2) is 6.61. The van der Waals surface area contributed by atoms with Crippen molar-refractivity contribution >= 4 is 27.8 Å². The molecule has 0 atom stereocenters. The van der Waals surface area contributed by atoms with Crippen LogP contribution in [0.4, 0.5) is 5.69 Å². The van der Waals surface area contributed by atoms with Gasteiger partial charge in [-0.05, 0) is 49.6 Å². The minimum Gasteiger partial charge on any atom is -0.351 e. The van der Waals surface area contributed by atoms with E-state index in [1.165, 1.54) is 43.2 Å². The average molecular weight is 345 g/mol. The predicted molar refractivity (Wildman–Crippen MR) is 92.7 cm³/mol. The highest BCUT2D eigenvalue weighted by Gasteiger charge is 2.14. The first-order chi connectivity index (χ1) is 10.2. The number of halogens is 1. The van der Waals surface area contributed by atoms with Gasteiger partial charge in [-0.25, -0.2) is 0 Å². The van der Waals surface area contributed by atoms with Gasteiger partial charge >= 0.3 is 0 Å². The van der Waals surface area contributed by atoms with Crippen molar-refractivity contribution < 1.29 is 0 Å². The van der Waals surface area contributed by atoms with E-state index in [1.807, 2.05) is 18.3 Å². The van der Waals surface area contributed by atoms with Crippen molar-refractivity contribution in [1.82, 2.24) is 4.57 Å². The Labute approximate surface area is 135 Å². The quantitative estimate of drug-likeness (QED) is 0.624. The molecule has 2 aromatic rings. The van der Waals surface area contributed by atoms with Gasteiger partial charge in [0, 0.05) is 34.7 Å². The third kappa shape index (κ3) is 3.65. The lowest BCUT2D eigenvalue weighted by Gasteiger charge is -2.23. The normalized spacial score (nSPS) is 16.7. The van der Waals surface area contributed by atoms with Crippen molar-refractivity contribution in [3.05, 3.63) is 52.3 Å². The van der Waals surface area contributed by atoms with Crippen LogP contribution in [0.2, 0.25) is 0 Å². The molecule has 2 nitrogen and oxygen atoms in total. The van der Waals surface area contributed by atoms with Crippen molar-refractivity contribution in [3.8, 4) is 0 Å². The minimum atomic E-state index is 0.690. The first-order valence-corrected chi connectivity index (χ1v) is 8.49. The van der Waals surface area contributed by atoms with E-state index in [1.54, 1.807) is 0 Å². The summed E-state index contributed by atoms with van der Waals surface area (Å²) in [6, 6.07) is 9.03. The highest BCUT2D eigenvalue weighted by Crippen LogP contribution is 2.28. The minimum absolute atomic E-state index is 0.690. The molecule has 1 aliphatic carbocycles. The Morgan fingerprint density at radius 2 is 2.00 bits per heavy atom. The average Bonchev–Trinajstić information content (AvgIpc) is 2.96. The fourth-order valence-electron chi connectivity index (χ4n) is 3.02. The molecule has 0 spiro atoms. The molecule has 1 aliphatic rings. The van der Waals surface area contributed by atoms with Gasteiger partial charge in [0.15, 0.2) is 0 Å². The summed E-state index contributed by atoms with van der Waals surface area (Å²) in [5.74, 6) is 0. The molecule has 1 heterocycles. The molecule has 0 bridgehead atoms. The van der Waals surface area contributed by atoms with E-state index in [2.05, 4.69) is 56.9 Å². The fraction of sp³-hybridized carbons (Fsp3) is 0.389. The lowest BCUT2D eigenvalue weighted by molar-refractivity contribution is 0.354. The van der Waals surface area contributed by atoms with Crippen molar-refractivity contribution in [3.63, 3.8) is 0 Å². The topological polar surface area (TPSA) is 17.3 Å². The Kier molecular flexibility index (Phi) is 4.59. The van der Waals surface area contributed by atoms with Crippen molar-refractivity contribution in [2.24, 2.45) is 4.99 Å². The second-order valence-electron chi connectivity index (χ2n) is 5.87. The van der Waals surface area contributed by atoms with E-state index in [-0.39, 0.29) is 0 Å². The number of aliphatic imine (C=N–C) groups is 1. The van der Waals surface area contributed by atoms with Crippen LogP contribution in [0.3, 0.4) is 0 Å². The molecule has 0 saturated heterocycles. The largest absolute Gasteiger partial charge is 0.351 e. The van der Waals surface area contributed by atoms with Gasteiger partial charge in [-0.1, -0.05) is 35.2 Å². The fourth-order valence-corrected chi connectivity index (χ4v) is 3.50. The number of rotatable bonds is 3. The zero-order valence-corrected chi connectivity index (χ0v) is 14.0. The van der Waals surface area contributed by atoms with Crippen LogP contribution in [0, 0.1) is 6.92 Å². The van der Waals surface area contributed by atoms with E-state index in [0.717, 1.165) is 10.2 Å². The second-order valence-corrected chi connectivity index (χ2v) is 6.79. The molecular formula is C18H21BrN2. The Bertz CT molecular complexity index is 636. The molecule has 0 amide bonds. The van der Waals surface area contributed by atoms with Crippen LogP contribution in [-0.4, -0.2) is 10.8 Å². The van der Waals surface area contributed by atoms with Gasteiger partial charge in [-0.3, -0.25) is 4.99 Å². The highest BCUT2D eigenvalue weighted by molar-refractivity contribution is 9.10. The molecule has 1 aromatic carbocycles. The summed E-state index contributed by atoms with van der Waals surface area (Å²) in [6.45, 7) is 2.09. The van der Waals surface area contributed by atoms with E-state index in [9.17, 15) is 0 Å². The zero-order chi connectivity index (χ0) is 14.7. The summed E-state index contributed by atoms with van der Waals surface area (Å²) >= 11 is 3.48. The molecule has 0 aliphatic heterocycles. The van der Waals surface area contributed by atoms with Gasteiger partial charge < -0.3 is 4.57 Å². The summed E-state index contributed by atoms with van der Waals surface area (Å²) in [5.41, 5.74) is 3.40.